The molecule has 1 heterocycles. The minimum absolute atomic E-state index is 0.209. The zero-order valence-corrected chi connectivity index (χ0v) is 11.3. The fourth-order valence-corrected chi connectivity index (χ4v) is 1.95. The smallest absolute Gasteiger partial charge is 0.251 e. The van der Waals surface area contributed by atoms with Crippen LogP contribution in [0.15, 0.2) is 36.8 Å². The van der Waals surface area contributed by atoms with Gasteiger partial charge >= 0.3 is 0 Å². The summed E-state index contributed by atoms with van der Waals surface area (Å²) in [6, 6.07) is 6.17. The Bertz CT molecular complexity index is 583. The number of carbonyl (C=O) groups excluding carboxylic acids is 1. The van der Waals surface area contributed by atoms with Gasteiger partial charge in [-0.1, -0.05) is 0 Å². The van der Waals surface area contributed by atoms with Crippen LogP contribution in [0.1, 0.15) is 16.1 Å². The third-order valence-electron chi connectivity index (χ3n) is 2.58. The van der Waals surface area contributed by atoms with E-state index in [9.17, 15) is 13.6 Å². The molecular formula is C12H13N4O3S-. The molecule has 0 bridgehead atoms. The molecule has 8 heteroatoms. The van der Waals surface area contributed by atoms with Gasteiger partial charge < -0.3 is 19.6 Å². The Morgan fingerprint density at radius 3 is 2.70 bits per heavy atom. The maximum atomic E-state index is 11.8. The second kappa shape index (κ2) is 6.83. The van der Waals surface area contributed by atoms with Crippen molar-refractivity contribution >= 4 is 22.9 Å². The third-order valence-corrected chi connectivity index (χ3v) is 2.99. The number of imidazole rings is 1. The van der Waals surface area contributed by atoms with Crippen LogP contribution in [0.25, 0.3) is 0 Å². The minimum Gasteiger partial charge on any atom is -0.755 e. The highest BCUT2D eigenvalue weighted by molar-refractivity contribution is 7.80. The van der Waals surface area contributed by atoms with Crippen LogP contribution in [0.4, 0.5) is 5.69 Å². The van der Waals surface area contributed by atoms with E-state index >= 15 is 0 Å². The number of nitrogens with one attached hydrogen (secondary N) is 3. The number of amides is 1. The Morgan fingerprint density at radius 2 is 2.10 bits per heavy atom. The predicted octanol–water partition coefficient (Wildman–Crippen LogP) is 0.588. The molecule has 1 amide bonds. The second-order valence-corrected chi connectivity index (χ2v) is 4.67. The summed E-state index contributed by atoms with van der Waals surface area (Å²) < 4.78 is 23.1. The predicted molar refractivity (Wildman–Crippen MR) is 73.6 cm³/mol. The zero-order valence-electron chi connectivity index (χ0n) is 10.5. The first-order valence-electron chi connectivity index (χ1n) is 5.86. The summed E-state index contributed by atoms with van der Waals surface area (Å²) in [6.45, 7) is 0.492. The van der Waals surface area contributed by atoms with Gasteiger partial charge in [0.25, 0.3) is 5.91 Å². The number of hydrogen-bond donors (Lipinski definition) is 3. The first-order valence-corrected chi connectivity index (χ1v) is 6.94. The summed E-state index contributed by atoms with van der Waals surface area (Å²) >= 11 is -2.37. The molecule has 0 radical (unpaired) electrons. The summed E-state index contributed by atoms with van der Waals surface area (Å²) in [5.41, 5.74) is 1.83. The van der Waals surface area contributed by atoms with Crippen molar-refractivity contribution in [1.29, 1.82) is 0 Å². The molecular weight excluding hydrogens is 280 g/mol. The Balaban J connectivity index is 1.84. The van der Waals surface area contributed by atoms with Crippen molar-refractivity contribution in [2.45, 2.75) is 6.42 Å². The van der Waals surface area contributed by atoms with Crippen molar-refractivity contribution in [2.75, 3.05) is 11.3 Å². The molecule has 1 aromatic carbocycles. The van der Waals surface area contributed by atoms with Crippen molar-refractivity contribution in [3.63, 3.8) is 0 Å². The largest absolute Gasteiger partial charge is 0.755 e. The number of aromatic nitrogens is 2. The van der Waals surface area contributed by atoms with E-state index in [-0.39, 0.29) is 5.91 Å². The summed E-state index contributed by atoms with van der Waals surface area (Å²) in [6.07, 6.45) is 3.96. The Morgan fingerprint density at radius 1 is 1.35 bits per heavy atom. The lowest BCUT2D eigenvalue weighted by Crippen LogP contribution is -2.25. The molecule has 0 saturated heterocycles. The van der Waals surface area contributed by atoms with E-state index in [1.54, 1.807) is 24.7 Å². The van der Waals surface area contributed by atoms with E-state index in [0.29, 0.717) is 24.2 Å². The van der Waals surface area contributed by atoms with E-state index in [2.05, 4.69) is 20.0 Å². The number of hydrogen-bond acceptors (Lipinski definition) is 4. The maximum absolute atomic E-state index is 11.8. The monoisotopic (exact) mass is 293 g/mol. The molecule has 2 aromatic rings. The Labute approximate surface area is 118 Å². The molecule has 2 rings (SSSR count). The number of carbonyl (C=O) groups is 1. The molecule has 7 nitrogen and oxygen atoms in total. The quantitative estimate of drug-likeness (QED) is 0.677. The lowest BCUT2D eigenvalue weighted by molar-refractivity contribution is 0.0954. The molecule has 0 aliphatic heterocycles. The van der Waals surface area contributed by atoms with Gasteiger partial charge in [0.1, 0.15) is 0 Å². The van der Waals surface area contributed by atoms with Gasteiger partial charge in [0.15, 0.2) is 0 Å². The number of benzene rings is 1. The van der Waals surface area contributed by atoms with Crippen molar-refractivity contribution in [3.05, 3.63) is 48.0 Å². The molecule has 1 unspecified atom stereocenters. The SMILES string of the molecule is O=C(NCCc1cnc[nH]1)c1ccc(NS(=O)[O-])cc1. The second-order valence-electron chi connectivity index (χ2n) is 4.00. The highest BCUT2D eigenvalue weighted by atomic mass is 32.2. The van der Waals surface area contributed by atoms with Crippen molar-refractivity contribution in [3.8, 4) is 0 Å². The summed E-state index contributed by atoms with van der Waals surface area (Å²) in [5, 5.41) is 2.77. The first-order chi connectivity index (χ1) is 9.65. The van der Waals surface area contributed by atoms with Crippen LogP contribution in [0.3, 0.4) is 0 Å². The van der Waals surface area contributed by atoms with Crippen LogP contribution < -0.4 is 10.0 Å². The molecule has 106 valence electrons. The van der Waals surface area contributed by atoms with Crippen LogP contribution in [0, 0.1) is 0 Å². The first kappa shape index (κ1) is 14.2. The molecule has 0 saturated carbocycles. The number of H-pyrrole nitrogens is 1. The molecule has 0 spiro atoms. The van der Waals surface area contributed by atoms with Gasteiger partial charge in [0.05, 0.1) is 6.33 Å². The molecule has 20 heavy (non-hydrogen) atoms. The number of anilines is 1. The zero-order chi connectivity index (χ0) is 14.4. The van der Waals surface area contributed by atoms with E-state index in [4.69, 9.17) is 0 Å². The molecule has 1 atom stereocenters. The van der Waals surface area contributed by atoms with Crippen molar-refractivity contribution in [2.24, 2.45) is 0 Å². The summed E-state index contributed by atoms with van der Waals surface area (Å²) in [5.74, 6) is -0.209. The van der Waals surface area contributed by atoms with Gasteiger partial charge in [0, 0.05) is 47.4 Å². The average molecular weight is 293 g/mol. The lowest BCUT2D eigenvalue weighted by Gasteiger charge is -2.09. The minimum atomic E-state index is -2.37. The fraction of sp³-hybridized carbons (Fsp3) is 0.167. The third kappa shape index (κ3) is 4.18. The van der Waals surface area contributed by atoms with Crippen LogP contribution in [-0.4, -0.2) is 31.2 Å². The molecule has 3 N–H and O–H groups in total. The molecule has 0 aliphatic carbocycles. The van der Waals surface area contributed by atoms with Gasteiger partial charge in [-0.2, -0.15) is 0 Å². The highest BCUT2D eigenvalue weighted by Gasteiger charge is 2.05. The topological polar surface area (TPSA) is 110 Å². The van der Waals surface area contributed by atoms with Crippen molar-refractivity contribution < 1.29 is 13.6 Å². The van der Waals surface area contributed by atoms with E-state index < -0.39 is 11.3 Å². The Hall–Kier alpha value is -2.19. The van der Waals surface area contributed by atoms with Gasteiger partial charge in [-0.05, 0) is 24.3 Å². The van der Waals surface area contributed by atoms with E-state index in [1.165, 1.54) is 12.1 Å². The molecule has 0 aliphatic rings. The van der Waals surface area contributed by atoms with Crippen LogP contribution in [-0.2, 0) is 17.7 Å². The average Bonchev–Trinajstić information content (AvgIpc) is 2.92. The van der Waals surface area contributed by atoms with Gasteiger partial charge in [0.2, 0.25) is 0 Å². The lowest BCUT2D eigenvalue weighted by atomic mass is 10.2. The normalized spacial score (nSPS) is 11.8. The highest BCUT2D eigenvalue weighted by Crippen LogP contribution is 2.09. The number of aromatic amines is 1. The van der Waals surface area contributed by atoms with Crippen LogP contribution in [0.2, 0.25) is 0 Å². The van der Waals surface area contributed by atoms with Crippen LogP contribution >= 0.6 is 0 Å². The summed E-state index contributed by atoms with van der Waals surface area (Å²) in [4.78, 5) is 18.7. The van der Waals surface area contributed by atoms with E-state index in [0.717, 1.165) is 5.69 Å². The van der Waals surface area contributed by atoms with Crippen LogP contribution in [0.5, 0.6) is 0 Å². The molecule has 0 fully saturated rings. The van der Waals surface area contributed by atoms with Crippen molar-refractivity contribution in [1.82, 2.24) is 15.3 Å². The van der Waals surface area contributed by atoms with Gasteiger partial charge in [-0.3, -0.25) is 9.00 Å². The van der Waals surface area contributed by atoms with Gasteiger partial charge in [-0.25, -0.2) is 4.98 Å². The standard InChI is InChI=1S/C12H14N4O3S/c17-12(14-6-5-11-7-13-8-15-11)9-1-3-10(4-2-9)16-20(18)19/h1-4,7-8,16H,5-6H2,(H,13,15)(H,14,17)(H,18,19)/p-1. The van der Waals surface area contributed by atoms with Gasteiger partial charge in [-0.15, -0.1) is 0 Å². The van der Waals surface area contributed by atoms with E-state index in [1.807, 2.05) is 0 Å². The number of nitrogens with zero attached hydrogens (tertiary/aromatic N) is 1. The Kier molecular flexibility index (Phi) is 4.85. The number of rotatable bonds is 6. The summed E-state index contributed by atoms with van der Waals surface area (Å²) in [7, 11) is 0. The molecule has 1 aromatic heterocycles. The fourth-order valence-electron chi connectivity index (χ4n) is 1.62. The maximum Gasteiger partial charge on any atom is 0.251 e.